The number of hydrogen-bond donors (Lipinski definition) is 1. The molecule has 1 aliphatic rings. The number of benzene rings is 2. The molecule has 6 nitrogen and oxygen atoms in total. The van der Waals surface area contributed by atoms with Crippen molar-refractivity contribution in [1.29, 1.82) is 0 Å². The number of carbonyl (C=O) groups excluding carboxylic acids is 1. The average Bonchev–Trinajstić information content (AvgIpc) is 2.67. The highest BCUT2D eigenvalue weighted by atomic mass is 35.5. The van der Waals surface area contributed by atoms with Gasteiger partial charge in [-0.15, -0.1) is 0 Å². The molecule has 3 rings (SSSR count). The normalized spacial score (nSPS) is 14.5. The van der Waals surface area contributed by atoms with Gasteiger partial charge in [-0.1, -0.05) is 29.8 Å². The van der Waals surface area contributed by atoms with Gasteiger partial charge in [-0.05, 0) is 56.0 Å². The van der Waals surface area contributed by atoms with Crippen LogP contribution in [0.3, 0.4) is 0 Å². The zero-order valence-corrected chi connectivity index (χ0v) is 18.3. The van der Waals surface area contributed by atoms with Crippen LogP contribution in [0.4, 0.5) is 17.1 Å². The summed E-state index contributed by atoms with van der Waals surface area (Å²) >= 11 is 6.16. The highest BCUT2D eigenvalue weighted by Crippen LogP contribution is 2.31. The molecule has 1 aliphatic heterocycles. The number of sulfonamides is 1. The second kappa shape index (κ2) is 9.05. The summed E-state index contributed by atoms with van der Waals surface area (Å²) in [7, 11) is -3.63. The summed E-state index contributed by atoms with van der Waals surface area (Å²) < 4.78 is 25.8. The zero-order valence-electron chi connectivity index (χ0n) is 16.7. The monoisotopic (exact) mass is 435 g/mol. The first kappa shape index (κ1) is 21.5. The van der Waals surface area contributed by atoms with Crippen molar-refractivity contribution in [2.24, 2.45) is 0 Å². The summed E-state index contributed by atoms with van der Waals surface area (Å²) in [4.78, 5) is 15.0. The van der Waals surface area contributed by atoms with E-state index in [1.165, 1.54) is 6.42 Å². The Bertz CT molecular complexity index is 988. The maximum absolute atomic E-state index is 12.8. The molecule has 29 heavy (non-hydrogen) atoms. The quantitative estimate of drug-likeness (QED) is 0.743. The molecule has 0 unspecified atom stereocenters. The number of anilines is 3. The second-order valence-corrected chi connectivity index (χ2v) is 9.66. The van der Waals surface area contributed by atoms with Crippen LogP contribution in [0.5, 0.6) is 0 Å². The maximum atomic E-state index is 12.8. The molecule has 1 N–H and O–H groups in total. The summed E-state index contributed by atoms with van der Waals surface area (Å²) in [6.07, 6.45) is 4.51. The van der Waals surface area contributed by atoms with Gasteiger partial charge in [-0.3, -0.25) is 9.10 Å². The Labute approximate surface area is 177 Å². The lowest BCUT2D eigenvalue weighted by Crippen LogP contribution is -2.38. The molecule has 0 aliphatic carbocycles. The van der Waals surface area contributed by atoms with Crippen LogP contribution in [0.2, 0.25) is 5.02 Å². The van der Waals surface area contributed by atoms with Crippen molar-refractivity contribution in [2.75, 3.05) is 40.4 Å². The molecule has 0 spiro atoms. The third-order valence-corrected chi connectivity index (χ3v) is 6.36. The SMILES string of the molecule is Cc1ccccc1N(CC(=O)Nc1cc(Cl)ccc1N1CCCCC1)S(C)(=O)=O. The molecule has 1 amide bonds. The predicted molar refractivity (Wildman–Crippen MR) is 120 cm³/mol. The summed E-state index contributed by atoms with van der Waals surface area (Å²) in [5.74, 6) is -0.417. The van der Waals surface area contributed by atoms with Gasteiger partial charge in [0.25, 0.3) is 0 Å². The molecule has 1 fully saturated rings. The fraction of sp³-hybridized carbons (Fsp3) is 0.381. The van der Waals surface area contributed by atoms with E-state index < -0.39 is 15.9 Å². The van der Waals surface area contributed by atoms with Gasteiger partial charge in [0, 0.05) is 18.1 Å². The van der Waals surface area contributed by atoms with Crippen molar-refractivity contribution < 1.29 is 13.2 Å². The second-order valence-electron chi connectivity index (χ2n) is 7.31. The number of piperidine rings is 1. The van der Waals surface area contributed by atoms with Gasteiger partial charge in [0.2, 0.25) is 15.9 Å². The smallest absolute Gasteiger partial charge is 0.245 e. The van der Waals surface area contributed by atoms with Crippen LogP contribution < -0.4 is 14.5 Å². The van der Waals surface area contributed by atoms with Gasteiger partial charge in [0.1, 0.15) is 6.54 Å². The van der Waals surface area contributed by atoms with Crippen LogP contribution in [0.25, 0.3) is 0 Å². The topological polar surface area (TPSA) is 69.7 Å². The van der Waals surface area contributed by atoms with E-state index >= 15 is 0 Å². The zero-order chi connectivity index (χ0) is 21.0. The van der Waals surface area contributed by atoms with Crippen LogP contribution in [0, 0.1) is 6.92 Å². The Hall–Kier alpha value is -2.25. The minimum atomic E-state index is -3.63. The largest absolute Gasteiger partial charge is 0.370 e. The molecule has 156 valence electrons. The van der Waals surface area contributed by atoms with Crippen LogP contribution in [-0.4, -0.2) is 40.2 Å². The molecule has 2 aromatic rings. The number of carbonyl (C=O) groups is 1. The van der Waals surface area contributed by atoms with Gasteiger partial charge < -0.3 is 10.2 Å². The van der Waals surface area contributed by atoms with E-state index in [0.717, 1.165) is 47.7 Å². The number of nitrogens with one attached hydrogen (secondary N) is 1. The van der Waals surface area contributed by atoms with Crippen molar-refractivity contribution in [3.63, 3.8) is 0 Å². The highest BCUT2D eigenvalue weighted by molar-refractivity contribution is 7.92. The maximum Gasteiger partial charge on any atom is 0.245 e. The molecule has 1 heterocycles. The van der Waals surface area contributed by atoms with E-state index in [2.05, 4.69) is 10.2 Å². The highest BCUT2D eigenvalue weighted by Gasteiger charge is 2.23. The van der Waals surface area contributed by atoms with E-state index in [1.807, 2.05) is 25.1 Å². The lowest BCUT2D eigenvalue weighted by atomic mass is 10.1. The number of rotatable bonds is 6. The van der Waals surface area contributed by atoms with Crippen molar-refractivity contribution in [3.05, 3.63) is 53.1 Å². The molecule has 8 heteroatoms. The number of hydrogen-bond acceptors (Lipinski definition) is 4. The molecule has 0 saturated carbocycles. The van der Waals surface area contributed by atoms with Crippen LogP contribution in [0.1, 0.15) is 24.8 Å². The summed E-state index contributed by atoms with van der Waals surface area (Å²) in [6.45, 7) is 3.35. The van der Waals surface area contributed by atoms with E-state index in [0.29, 0.717) is 16.4 Å². The van der Waals surface area contributed by atoms with E-state index in [-0.39, 0.29) is 6.54 Å². The third-order valence-electron chi connectivity index (χ3n) is 5.00. The van der Waals surface area contributed by atoms with Gasteiger partial charge in [-0.25, -0.2) is 8.42 Å². The molecule has 0 atom stereocenters. The Morgan fingerprint density at radius 3 is 2.48 bits per heavy atom. The first-order chi connectivity index (χ1) is 13.8. The number of nitrogens with zero attached hydrogens (tertiary/aromatic N) is 2. The van der Waals surface area contributed by atoms with E-state index in [1.54, 1.807) is 24.3 Å². The molecule has 1 saturated heterocycles. The van der Waals surface area contributed by atoms with E-state index in [4.69, 9.17) is 11.6 Å². The molecule has 2 aromatic carbocycles. The summed E-state index contributed by atoms with van der Waals surface area (Å²) in [6, 6.07) is 12.5. The minimum Gasteiger partial charge on any atom is -0.370 e. The van der Waals surface area contributed by atoms with Crippen molar-refractivity contribution in [3.8, 4) is 0 Å². The molecule has 0 bridgehead atoms. The van der Waals surface area contributed by atoms with Gasteiger partial charge >= 0.3 is 0 Å². The van der Waals surface area contributed by atoms with Gasteiger partial charge in [0.05, 0.1) is 23.3 Å². The van der Waals surface area contributed by atoms with Gasteiger partial charge in [0.15, 0.2) is 0 Å². The first-order valence-corrected chi connectivity index (χ1v) is 11.9. The third kappa shape index (κ3) is 5.42. The van der Waals surface area contributed by atoms with Crippen molar-refractivity contribution in [2.45, 2.75) is 26.2 Å². The van der Waals surface area contributed by atoms with Gasteiger partial charge in [-0.2, -0.15) is 0 Å². The van der Waals surface area contributed by atoms with E-state index in [9.17, 15) is 13.2 Å². The van der Waals surface area contributed by atoms with Crippen molar-refractivity contribution in [1.82, 2.24) is 0 Å². The Kier molecular flexibility index (Phi) is 6.70. The first-order valence-electron chi connectivity index (χ1n) is 9.63. The molecule has 0 aromatic heterocycles. The molecular formula is C21H26ClN3O3S. The van der Waals surface area contributed by atoms with Crippen LogP contribution in [-0.2, 0) is 14.8 Å². The van der Waals surface area contributed by atoms with Crippen molar-refractivity contribution >= 4 is 44.6 Å². The predicted octanol–water partition coefficient (Wildman–Crippen LogP) is 4.04. The Morgan fingerprint density at radius 2 is 1.83 bits per heavy atom. The Morgan fingerprint density at radius 1 is 1.14 bits per heavy atom. The Balaban J connectivity index is 1.84. The number of aryl methyl sites for hydroxylation is 1. The number of halogens is 1. The fourth-order valence-corrected chi connectivity index (χ4v) is 4.65. The van der Waals surface area contributed by atoms with Crippen LogP contribution >= 0.6 is 11.6 Å². The molecular weight excluding hydrogens is 410 g/mol. The lowest BCUT2D eigenvalue weighted by molar-refractivity contribution is -0.114. The van der Waals surface area contributed by atoms with Crippen LogP contribution in [0.15, 0.2) is 42.5 Å². The lowest BCUT2D eigenvalue weighted by Gasteiger charge is -2.31. The summed E-state index contributed by atoms with van der Waals surface area (Å²) in [5, 5.41) is 3.38. The number of para-hydroxylation sites is 1. The molecule has 0 radical (unpaired) electrons. The summed E-state index contributed by atoms with van der Waals surface area (Å²) in [5.41, 5.74) is 2.78. The number of amides is 1. The average molecular weight is 436 g/mol. The standard InChI is InChI=1S/C21H26ClN3O3S/c1-16-8-4-5-9-19(16)25(29(2,27)28)15-21(26)23-18-14-17(22)10-11-20(18)24-12-6-3-7-13-24/h4-5,8-11,14H,3,6-7,12-13,15H2,1-2H3,(H,23,26). The fourth-order valence-electron chi connectivity index (χ4n) is 3.56. The minimum absolute atomic E-state index is 0.310.